The zero-order valence-corrected chi connectivity index (χ0v) is 22.8. The first-order valence-electron chi connectivity index (χ1n) is 13.5. The topological polar surface area (TPSA) is 210 Å². The van der Waals surface area contributed by atoms with E-state index in [0.717, 1.165) is 4.90 Å². The van der Waals surface area contributed by atoms with Gasteiger partial charge in [0.15, 0.2) is 11.5 Å². The predicted octanol–water partition coefficient (Wildman–Crippen LogP) is -0.370. The number of fused-ring (bicyclic) bond motifs is 1. The lowest BCUT2D eigenvalue weighted by Gasteiger charge is -2.27. The molecule has 2 atom stereocenters. The molecule has 1 saturated heterocycles. The number of hydrogen-bond donors (Lipinski definition) is 6. The van der Waals surface area contributed by atoms with Gasteiger partial charge in [-0.3, -0.25) is 34.2 Å². The van der Waals surface area contributed by atoms with Crippen LogP contribution in [-0.2, 0) is 30.3 Å². The molecule has 1 fully saturated rings. The average molecular weight is 584 g/mol. The summed E-state index contributed by atoms with van der Waals surface area (Å²) in [7, 11) is 0. The minimum Gasteiger partial charge on any atom is -0.504 e. The quantitative estimate of drug-likeness (QED) is 0.0960. The molecular weight excluding hydrogens is 550 g/mol. The van der Waals surface area contributed by atoms with Crippen LogP contribution < -0.4 is 21.7 Å². The normalized spacial score (nSPS) is 17.2. The largest absolute Gasteiger partial charge is 0.504 e. The summed E-state index contributed by atoms with van der Waals surface area (Å²) in [5, 5.41) is 26.8. The Morgan fingerprint density at radius 3 is 2.45 bits per heavy atom. The second-order valence-corrected chi connectivity index (χ2v) is 9.75. The van der Waals surface area contributed by atoms with Gasteiger partial charge in [-0.05, 0) is 42.7 Å². The number of rotatable bonds is 14. The highest BCUT2D eigenvalue weighted by atomic mass is 16.5. The number of benzene rings is 2. The maximum atomic E-state index is 13.1. The smallest absolute Gasteiger partial charge is 0.264 e. The summed E-state index contributed by atoms with van der Waals surface area (Å²) in [4.78, 5) is 62.8. The Labute approximate surface area is 241 Å². The van der Waals surface area contributed by atoms with Crippen molar-refractivity contribution in [2.45, 2.75) is 31.3 Å². The predicted molar refractivity (Wildman–Crippen MR) is 148 cm³/mol. The molecule has 2 aliphatic rings. The zero-order chi connectivity index (χ0) is 30.2. The van der Waals surface area contributed by atoms with Crippen LogP contribution in [0.3, 0.4) is 0 Å². The van der Waals surface area contributed by atoms with Crippen LogP contribution in [0.5, 0.6) is 11.5 Å². The van der Waals surface area contributed by atoms with Gasteiger partial charge < -0.3 is 36.1 Å². The second-order valence-electron chi connectivity index (χ2n) is 9.75. The molecule has 0 aliphatic carbocycles. The van der Waals surface area contributed by atoms with Crippen LogP contribution >= 0.6 is 0 Å². The maximum absolute atomic E-state index is 13.1. The first kappa shape index (κ1) is 30.4. The number of ether oxygens (including phenoxy) is 2. The van der Waals surface area contributed by atoms with E-state index in [-0.39, 0.29) is 80.8 Å². The molecule has 0 spiro atoms. The molecule has 5 amide bonds. The number of phenolic OH excluding ortho intramolecular Hbond substituents is 2. The summed E-state index contributed by atoms with van der Waals surface area (Å²) in [6.07, 6.45) is 0.326. The van der Waals surface area contributed by atoms with E-state index < -0.39 is 35.7 Å². The van der Waals surface area contributed by atoms with Crippen LogP contribution in [-0.4, -0.2) is 96.2 Å². The monoisotopic (exact) mass is 583 g/mol. The molecule has 4 rings (SSSR count). The van der Waals surface area contributed by atoms with Crippen LogP contribution in [0.1, 0.15) is 39.1 Å². The average Bonchev–Trinajstić information content (AvgIpc) is 3.21. The molecule has 42 heavy (non-hydrogen) atoms. The molecule has 0 saturated carbocycles. The number of nitrogens with one attached hydrogen (secondary N) is 3. The van der Waals surface area contributed by atoms with E-state index in [9.17, 15) is 34.2 Å². The summed E-state index contributed by atoms with van der Waals surface area (Å²) in [5.41, 5.74) is 7.32. The molecular formula is C28H33N5O9. The highest BCUT2D eigenvalue weighted by molar-refractivity contribution is 6.25. The summed E-state index contributed by atoms with van der Waals surface area (Å²) < 4.78 is 11.0. The van der Waals surface area contributed by atoms with E-state index in [4.69, 9.17) is 15.2 Å². The van der Waals surface area contributed by atoms with Crippen LogP contribution in [0.15, 0.2) is 36.4 Å². The number of nitrogens with zero attached hydrogens (tertiary/aromatic N) is 1. The number of amides is 5. The van der Waals surface area contributed by atoms with Gasteiger partial charge in [0.1, 0.15) is 6.04 Å². The van der Waals surface area contributed by atoms with E-state index >= 15 is 0 Å². The van der Waals surface area contributed by atoms with Crippen molar-refractivity contribution >= 4 is 35.2 Å². The Morgan fingerprint density at radius 1 is 1.00 bits per heavy atom. The first-order chi connectivity index (χ1) is 20.2. The standard InChI is InChI=1S/C28H33N5O9/c29-18(14-16-4-6-21(34)22(35)15-16)25(37)31-9-11-42-13-12-41-10-8-30-19-3-1-2-17-24(19)28(40)33(27(17)39)20-5-7-23(36)32-26(20)38/h1-4,6,15,18,20,30,34-35H,5,7-14,29H2,(H,31,37)(H,32,36,38). The Hall–Kier alpha value is -4.53. The zero-order valence-electron chi connectivity index (χ0n) is 22.8. The summed E-state index contributed by atoms with van der Waals surface area (Å²) in [6, 6.07) is 7.22. The summed E-state index contributed by atoms with van der Waals surface area (Å²) in [6.45, 7) is 1.68. The van der Waals surface area contributed by atoms with Gasteiger partial charge in [-0.1, -0.05) is 12.1 Å². The number of carbonyl (C=O) groups is 5. The fourth-order valence-electron chi connectivity index (χ4n) is 4.66. The Morgan fingerprint density at radius 2 is 1.74 bits per heavy atom. The molecule has 14 heteroatoms. The number of carbonyl (C=O) groups excluding carboxylic acids is 5. The summed E-state index contributed by atoms with van der Waals surface area (Å²) >= 11 is 0. The van der Waals surface area contributed by atoms with Crippen molar-refractivity contribution in [3.8, 4) is 11.5 Å². The number of imide groups is 2. The van der Waals surface area contributed by atoms with E-state index in [0.29, 0.717) is 17.8 Å². The Bertz CT molecular complexity index is 1370. The number of hydrogen-bond acceptors (Lipinski definition) is 11. The van der Waals surface area contributed by atoms with Crippen molar-refractivity contribution in [3.05, 3.63) is 53.1 Å². The number of aromatic hydroxyl groups is 2. The first-order valence-corrected chi connectivity index (χ1v) is 13.5. The van der Waals surface area contributed by atoms with Crippen molar-refractivity contribution in [2.24, 2.45) is 5.73 Å². The van der Waals surface area contributed by atoms with Crippen molar-refractivity contribution < 1.29 is 43.7 Å². The number of anilines is 1. The van der Waals surface area contributed by atoms with Gasteiger partial charge in [0, 0.05) is 25.2 Å². The van der Waals surface area contributed by atoms with Crippen molar-refractivity contribution in [1.29, 1.82) is 0 Å². The van der Waals surface area contributed by atoms with Crippen LogP contribution in [0.4, 0.5) is 5.69 Å². The molecule has 0 radical (unpaired) electrons. The van der Waals surface area contributed by atoms with Crippen LogP contribution in [0.2, 0.25) is 0 Å². The summed E-state index contributed by atoms with van der Waals surface area (Å²) in [5.74, 6) is -3.15. The lowest BCUT2D eigenvalue weighted by atomic mass is 10.0. The van der Waals surface area contributed by atoms with Gasteiger partial charge in [0.05, 0.1) is 43.6 Å². The van der Waals surface area contributed by atoms with Gasteiger partial charge in [0.25, 0.3) is 11.8 Å². The van der Waals surface area contributed by atoms with E-state index in [2.05, 4.69) is 16.0 Å². The second kappa shape index (κ2) is 13.9. The molecule has 2 aliphatic heterocycles. The fourth-order valence-corrected chi connectivity index (χ4v) is 4.66. The molecule has 2 heterocycles. The number of piperidine rings is 1. The van der Waals surface area contributed by atoms with Crippen LogP contribution in [0.25, 0.3) is 0 Å². The molecule has 0 bridgehead atoms. The maximum Gasteiger partial charge on any atom is 0.264 e. The fraction of sp³-hybridized carbons (Fsp3) is 0.393. The minimum absolute atomic E-state index is 0.0492. The van der Waals surface area contributed by atoms with Gasteiger partial charge in [-0.25, -0.2) is 0 Å². The molecule has 0 aromatic heterocycles. The lowest BCUT2D eigenvalue weighted by molar-refractivity contribution is -0.136. The molecule has 7 N–H and O–H groups in total. The van der Waals surface area contributed by atoms with Gasteiger partial charge in [-0.15, -0.1) is 0 Å². The highest BCUT2D eigenvalue weighted by Crippen LogP contribution is 2.32. The SMILES string of the molecule is NC(Cc1ccc(O)c(O)c1)C(=O)NCCOCCOCCNc1cccc2c1C(=O)N(C1CCC(=O)NC1=O)C2=O. The van der Waals surface area contributed by atoms with Gasteiger partial charge in [0.2, 0.25) is 17.7 Å². The molecule has 2 aromatic rings. The highest BCUT2D eigenvalue weighted by Gasteiger charge is 2.45. The molecule has 2 aromatic carbocycles. The number of phenols is 2. The van der Waals surface area contributed by atoms with Gasteiger partial charge in [-0.2, -0.15) is 0 Å². The van der Waals surface area contributed by atoms with Crippen molar-refractivity contribution in [2.75, 3.05) is 44.8 Å². The molecule has 14 nitrogen and oxygen atoms in total. The van der Waals surface area contributed by atoms with E-state index in [1.165, 1.54) is 18.2 Å². The third kappa shape index (κ3) is 7.21. The van der Waals surface area contributed by atoms with E-state index in [1.807, 2.05) is 0 Å². The third-order valence-electron chi connectivity index (χ3n) is 6.78. The molecule has 2 unspecified atom stereocenters. The molecule has 224 valence electrons. The van der Waals surface area contributed by atoms with Crippen LogP contribution in [0, 0.1) is 0 Å². The number of nitrogens with two attached hydrogens (primary N) is 1. The van der Waals surface area contributed by atoms with E-state index in [1.54, 1.807) is 18.2 Å². The van der Waals surface area contributed by atoms with Gasteiger partial charge >= 0.3 is 0 Å². The third-order valence-corrected chi connectivity index (χ3v) is 6.78. The lowest BCUT2D eigenvalue weighted by Crippen LogP contribution is -2.54. The Balaban J connectivity index is 1.11. The van der Waals surface area contributed by atoms with Crippen molar-refractivity contribution in [3.63, 3.8) is 0 Å². The van der Waals surface area contributed by atoms with Crippen molar-refractivity contribution in [1.82, 2.24) is 15.5 Å². The minimum atomic E-state index is -1.03. The Kier molecular flexibility index (Phi) is 10.1.